The van der Waals surface area contributed by atoms with E-state index in [2.05, 4.69) is 33.9 Å². The van der Waals surface area contributed by atoms with Crippen molar-refractivity contribution in [3.8, 4) is 0 Å². The molecule has 3 saturated heterocycles. The third-order valence-corrected chi connectivity index (χ3v) is 9.77. The number of esters is 1. The highest BCUT2D eigenvalue weighted by atomic mass is 16.6. The number of ether oxygens (including phenoxy) is 2. The molecule has 2 amide bonds. The number of nitrogens with zero attached hydrogens (tertiary/aromatic N) is 2. The van der Waals surface area contributed by atoms with E-state index in [-0.39, 0.29) is 36.3 Å². The maximum atomic E-state index is 15.1. The van der Waals surface area contributed by atoms with Gasteiger partial charge in [-0.25, -0.2) is 0 Å². The van der Waals surface area contributed by atoms with E-state index in [1.54, 1.807) is 17.1 Å². The highest BCUT2D eigenvalue weighted by Crippen LogP contribution is 2.66. The van der Waals surface area contributed by atoms with Crippen molar-refractivity contribution >= 4 is 17.8 Å². The van der Waals surface area contributed by atoms with E-state index in [4.69, 9.17) is 9.47 Å². The van der Waals surface area contributed by atoms with Crippen LogP contribution in [0.3, 0.4) is 0 Å². The summed E-state index contributed by atoms with van der Waals surface area (Å²) in [6.07, 6.45) is 5.00. The largest absolute Gasteiger partial charge is 0.465 e. The minimum atomic E-state index is -1.26. The maximum Gasteiger partial charge on any atom is 0.312 e. The second-order valence-corrected chi connectivity index (χ2v) is 14.6. The molecule has 1 N–H and O–H groups in total. The Balaban J connectivity index is 1.89. The topological polar surface area (TPSA) is 96.4 Å². The standard InChI is InChI=1S/C35H50N2O6/c1-10-12-19-42-31(41)27-26-29(39)37(25(21-38)24-16-14-13-15-17-24)28(35(26)20-23(3)34(27,9)43-35)30(40)36(18-11-2)33(7,8)22-32(4,5)6/h10-11,13-17,23,25-28,38H,1-2,12,18-22H2,3-9H3/t23?,25-,26+,27-,28?,34+,35?/m1/s1. The number of fused-ring (bicyclic) bond motifs is 1. The number of amides is 2. The number of hydrogen-bond donors (Lipinski definition) is 1. The van der Waals surface area contributed by atoms with Crippen molar-refractivity contribution in [3.05, 3.63) is 61.2 Å². The lowest BCUT2D eigenvalue weighted by Crippen LogP contribution is -2.61. The first kappa shape index (κ1) is 32.9. The minimum absolute atomic E-state index is 0.0858. The average molecular weight is 595 g/mol. The van der Waals surface area contributed by atoms with Gasteiger partial charge in [0.15, 0.2) is 0 Å². The van der Waals surface area contributed by atoms with Crippen LogP contribution < -0.4 is 0 Å². The fourth-order valence-corrected chi connectivity index (χ4v) is 8.32. The predicted molar refractivity (Wildman–Crippen MR) is 166 cm³/mol. The number of aliphatic hydroxyl groups excluding tert-OH is 1. The van der Waals surface area contributed by atoms with E-state index in [1.165, 1.54) is 4.90 Å². The summed E-state index contributed by atoms with van der Waals surface area (Å²) in [6.45, 7) is 22.0. The minimum Gasteiger partial charge on any atom is -0.465 e. The molecule has 3 unspecified atom stereocenters. The summed E-state index contributed by atoms with van der Waals surface area (Å²) in [5, 5.41) is 10.8. The molecule has 7 atom stereocenters. The second-order valence-electron chi connectivity index (χ2n) is 14.6. The molecular weight excluding hydrogens is 544 g/mol. The molecule has 0 aliphatic carbocycles. The highest BCUT2D eigenvalue weighted by molar-refractivity contribution is 5.99. The quantitative estimate of drug-likeness (QED) is 0.206. The van der Waals surface area contributed by atoms with E-state index in [1.807, 2.05) is 58.0 Å². The Morgan fingerprint density at radius 2 is 1.84 bits per heavy atom. The van der Waals surface area contributed by atoms with Gasteiger partial charge in [-0.3, -0.25) is 14.4 Å². The Morgan fingerprint density at radius 3 is 2.40 bits per heavy atom. The SMILES string of the molecule is C=CCCOC(=O)[C@H]1[C@H]2C(=O)N([C@H](CO)c3ccccc3)C(C(=O)N(CC=C)C(C)(C)CC(C)(C)C)C23CC(C)[C@]1(C)O3. The normalized spacial score (nSPS) is 30.6. The average Bonchev–Trinajstić information content (AvgIpc) is 3.43. The molecular formula is C35H50N2O6. The van der Waals surface area contributed by atoms with Crippen molar-refractivity contribution in [2.24, 2.45) is 23.2 Å². The van der Waals surface area contributed by atoms with Crippen LogP contribution in [-0.4, -0.2) is 75.2 Å². The van der Waals surface area contributed by atoms with Crippen LogP contribution in [0.4, 0.5) is 0 Å². The molecule has 8 nitrogen and oxygen atoms in total. The number of carbonyl (C=O) groups is 3. The molecule has 4 rings (SSSR count). The lowest BCUT2D eigenvalue weighted by molar-refractivity contribution is -0.165. The Bertz CT molecular complexity index is 1240. The molecule has 236 valence electrons. The Morgan fingerprint density at radius 1 is 1.19 bits per heavy atom. The van der Waals surface area contributed by atoms with E-state index in [0.717, 1.165) is 0 Å². The Kier molecular flexibility index (Phi) is 9.07. The Hall–Kier alpha value is -2.97. The molecule has 1 spiro atoms. The van der Waals surface area contributed by atoms with Gasteiger partial charge in [-0.15, -0.1) is 13.2 Å². The van der Waals surface area contributed by atoms with Crippen molar-refractivity contribution in [1.29, 1.82) is 0 Å². The maximum absolute atomic E-state index is 15.1. The van der Waals surface area contributed by atoms with Crippen molar-refractivity contribution in [1.82, 2.24) is 9.80 Å². The molecule has 3 fully saturated rings. The smallest absolute Gasteiger partial charge is 0.312 e. The fourth-order valence-electron chi connectivity index (χ4n) is 8.32. The van der Waals surface area contributed by atoms with Crippen molar-refractivity contribution in [2.45, 2.75) is 96.6 Å². The van der Waals surface area contributed by atoms with Crippen LogP contribution in [-0.2, 0) is 23.9 Å². The summed E-state index contributed by atoms with van der Waals surface area (Å²) in [7, 11) is 0. The molecule has 1 aromatic carbocycles. The van der Waals surface area contributed by atoms with E-state index >= 15 is 4.79 Å². The number of benzene rings is 1. The fraction of sp³-hybridized carbons (Fsp3) is 0.629. The van der Waals surface area contributed by atoms with Gasteiger partial charge < -0.3 is 24.4 Å². The first-order valence-electron chi connectivity index (χ1n) is 15.5. The van der Waals surface area contributed by atoms with Gasteiger partial charge in [0.2, 0.25) is 11.8 Å². The lowest BCUT2D eigenvalue weighted by atomic mass is 9.62. The summed E-state index contributed by atoms with van der Waals surface area (Å²) >= 11 is 0. The summed E-state index contributed by atoms with van der Waals surface area (Å²) < 4.78 is 12.6. The summed E-state index contributed by atoms with van der Waals surface area (Å²) in [6, 6.07) is 7.37. The zero-order valence-electron chi connectivity index (χ0n) is 27.0. The van der Waals surface area contributed by atoms with Gasteiger partial charge in [0.05, 0.1) is 30.8 Å². The van der Waals surface area contributed by atoms with Crippen LogP contribution in [0.5, 0.6) is 0 Å². The summed E-state index contributed by atoms with van der Waals surface area (Å²) in [5.74, 6) is -3.07. The molecule has 43 heavy (non-hydrogen) atoms. The molecule has 1 aromatic rings. The molecule has 0 saturated carbocycles. The number of rotatable bonds is 12. The first-order valence-corrected chi connectivity index (χ1v) is 15.5. The molecule has 3 heterocycles. The molecule has 3 aliphatic heterocycles. The van der Waals surface area contributed by atoms with Gasteiger partial charge in [-0.1, -0.05) is 70.2 Å². The molecule has 3 aliphatic rings. The predicted octanol–water partition coefficient (Wildman–Crippen LogP) is 5.08. The summed E-state index contributed by atoms with van der Waals surface area (Å²) in [5.41, 5.74) is -2.22. The van der Waals surface area contributed by atoms with Gasteiger partial charge in [0.25, 0.3) is 0 Å². The van der Waals surface area contributed by atoms with Gasteiger partial charge in [-0.05, 0) is 56.9 Å². The molecule has 0 aromatic heterocycles. The van der Waals surface area contributed by atoms with Crippen molar-refractivity contribution in [2.75, 3.05) is 19.8 Å². The number of aliphatic hydroxyl groups is 1. The van der Waals surface area contributed by atoms with Crippen LogP contribution in [0, 0.1) is 23.2 Å². The summed E-state index contributed by atoms with van der Waals surface area (Å²) in [4.78, 5) is 46.9. The highest BCUT2D eigenvalue weighted by Gasteiger charge is 2.81. The Labute approximate surface area is 257 Å². The van der Waals surface area contributed by atoms with Gasteiger partial charge in [0, 0.05) is 12.1 Å². The second kappa shape index (κ2) is 11.8. The number of hydrogen-bond acceptors (Lipinski definition) is 6. The van der Waals surface area contributed by atoms with Gasteiger partial charge in [-0.2, -0.15) is 0 Å². The van der Waals surface area contributed by atoms with Crippen LogP contribution >= 0.6 is 0 Å². The van der Waals surface area contributed by atoms with Crippen LogP contribution in [0.25, 0.3) is 0 Å². The van der Waals surface area contributed by atoms with Crippen LogP contribution in [0.2, 0.25) is 0 Å². The third kappa shape index (κ3) is 5.57. The third-order valence-electron chi connectivity index (χ3n) is 9.77. The lowest BCUT2D eigenvalue weighted by Gasteiger charge is -2.46. The van der Waals surface area contributed by atoms with Crippen molar-refractivity contribution in [3.63, 3.8) is 0 Å². The molecule has 2 bridgehead atoms. The van der Waals surface area contributed by atoms with E-state index in [0.29, 0.717) is 24.8 Å². The number of carbonyl (C=O) groups excluding carboxylic acids is 3. The number of likely N-dealkylation sites (tertiary alicyclic amines) is 1. The first-order chi connectivity index (χ1) is 20.1. The van der Waals surface area contributed by atoms with Crippen LogP contribution in [0.1, 0.15) is 79.3 Å². The van der Waals surface area contributed by atoms with Crippen LogP contribution in [0.15, 0.2) is 55.6 Å². The van der Waals surface area contributed by atoms with Gasteiger partial charge in [0.1, 0.15) is 17.6 Å². The van der Waals surface area contributed by atoms with E-state index in [9.17, 15) is 14.7 Å². The van der Waals surface area contributed by atoms with E-state index < -0.39 is 53.2 Å². The monoisotopic (exact) mass is 594 g/mol. The zero-order chi connectivity index (χ0) is 32.0. The van der Waals surface area contributed by atoms with Gasteiger partial charge >= 0.3 is 5.97 Å². The zero-order valence-corrected chi connectivity index (χ0v) is 27.0. The molecule has 0 radical (unpaired) electrons. The van der Waals surface area contributed by atoms with Crippen molar-refractivity contribution < 1.29 is 29.0 Å². The molecule has 8 heteroatoms.